The van der Waals surface area contributed by atoms with E-state index < -0.39 is 14.3 Å². The first-order valence-corrected chi connectivity index (χ1v) is 8.59. The number of halogens is 1. The van der Waals surface area contributed by atoms with Crippen molar-refractivity contribution in [2.75, 3.05) is 13.1 Å². The second-order valence-electron chi connectivity index (χ2n) is 4.73. The maximum atomic E-state index is 11.7. The van der Waals surface area contributed by atoms with Crippen molar-refractivity contribution in [1.82, 2.24) is 4.90 Å². The number of likely N-dealkylation sites (tertiary alicyclic amines) is 1. The molecular weight excluding hydrogens is 286 g/mol. The maximum Gasteiger partial charge on any atom is 0.237 e. The van der Waals surface area contributed by atoms with Crippen LogP contribution in [0.3, 0.4) is 0 Å². The molecule has 1 amide bonds. The predicted molar refractivity (Wildman–Crippen MR) is 74.5 cm³/mol. The summed E-state index contributed by atoms with van der Waals surface area (Å²) in [5.41, 5.74) is 1.22. The van der Waals surface area contributed by atoms with Crippen LogP contribution in [0.25, 0.3) is 0 Å². The number of carbonyl (C=O) groups excluding carboxylic acids is 1. The average molecular weight is 302 g/mol. The van der Waals surface area contributed by atoms with E-state index in [9.17, 15) is 13.2 Å². The highest BCUT2D eigenvalue weighted by Gasteiger charge is 2.36. The Hall–Kier alpha value is -1.07. The second-order valence-corrected chi connectivity index (χ2v) is 7.64. The van der Waals surface area contributed by atoms with E-state index in [-0.39, 0.29) is 18.9 Å². The third-order valence-electron chi connectivity index (χ3n) is 3.31. The van der Waals surface area contributed by atoms with Gasteiger partial charge < -0.3 is 4.90 Å². The van der Waals surface area contributed by atoms with Crippen LogP contribution >= 0.6 is 10.7 Å². The van der Waals surface area contributed by atoms with Crippen molar-refractivity contribution < 1.29 is 13.2 Å². The molecule has 0 N–H and O–H groups in total. The van der Waals surface area contributed by atoms with Crippen LogP contribution in [0.5, 0.6) is 0 Å². The fraction of sp³-hybridized carbons (Fsp3) is 0.462. The van der Waals surface area contributed by atoms with E-state index in [1.807, 2.05) is 30.3 Å². The number of benzene rings is 1. The molecule has 1 saturated heterocycles. The molecule has 0 aliphatic carbocycles. The molecule has 1 aromatic carbocycles. The van der Waals surface area contributed by atoms with Crippen molar-refractivity contribution in [2.45, 2.75) is 24.5 Å². The lowest BCUT2D eigenvalue weighted by Crippen LogP contribution is -2.28. The quantitative estimate of drug-likeness (QED) is 0.779. The van der Waals surface area contributed by atoms with Crippen LogP contribution in [-0.4, -0.2) is 37.6 Å². The molecule has 104 valence electrons. The van der Waals surface area contributed by atoms with E-state index in [0.717, 1.165) is 12.8 Å². The Bertz CT molecular complexity index is 544. The highest BCUT2D eigenvalue weighted by molar-refractivity contribution is 8.14. The normalized spacial score (nSPS) is 19.9. The van der Waals surface area contributed by atoms with Crippen LogP contribution in [0.15, 0.2) is 30.3 Å². The van der Waals surface area contributed by atoms with Gasteiger partial charge in [-0.3, -0.25) is 4.79 Å². The van der Waals surface area contributed by atoms with E-state index in [2.05, 4.69) is 0 Å². The van der Waals surface area contributed by atoms with Crippen LogP contribution < -0.4 is 0 Å². The summed E-state index contributed by atoms with van der Waals surface area (Å²) in [6.07, 6.45) is 1.71. The van der Waals surface area contributed by atoms with Crippen LogP contribution in [0.2, 0.25) is 0 Å². The zero-order chi connectivity index (χ0) is 13.9. The minimum Gasteiger partial charge on any atom is -0.341 e. The topological polar surface area (TPSA) is 54.5 Å². The van der Waals surface area contributed by atoms with E-state index in [0.29, 0.717) is 6.54 Å². The molecule has 1 aliphatic rings. The average Bonchev–Trinajstić information content (AvgIpc) is 2.72. The molecule has 19 heavy (non-hydrogen) atoms. The molecule has 1 heterocycles. The lowest BCUT2D eigenvalue weighted by atomic mass is 10.1. The number of hydrogen-bond acceptors (Lipinski definition) is 3. The SMILES string of the molecule is O=C1CC(S(=O)(=O)Cl)CN1CCCc1ccccc1. The van der Waals surface area contributed by atoms with Gasteiger partial charge in [-0.05, 0) is 18.4 Å². The van der Waals surface area contributed by atoms with Crippen molar-refractivity contribution in [3.63, 3.8) is 0 Å². The Kier molecular flexibility index (Phi) is 4.47. The van der Waals surface area contributed by atoms with Crippen molar-refractivity contribution in [3.8, 4) is 0 Å². The van der Waals surface area contributed by atoms with Crippen LogP contribution in [0.1, 0.15) is 18.4 Å². The first-order chi connectivity index (χ1) is 8.97. The molecule has 0 saturated carbocycles. The van der Waals surface area contributed by atoms with E-state index >= 15 is 0 Å². The lowest BCUT2D eigenvalue weighted by molar-refractivity contribution is -0.127. The van der Waals surface area contributed by atoms with Gasteiger partial charge in [-0.1, -0.05) is 30.3 Å². The third-order valence-corrected chi connectivity index (χ3v) is 5.18. The van der Waals surface area contributed by atoms with Gasteiger partial charge in [-0.15, -0.1) is 0 Å². The maximum absolute atomic E-state index is 11.7. The standard InChI is InChI=1S/C13H16ClNO3S/c14-19(17,18)12-9-13(16)15(10-12)8-4-7-11-5-2-1-3-6-11/h1-3,5-6,12H,4,7-10H2. The predicted octanol–water partition coefficient (Wildman–Crippen LogP) is 1.79. The summed E-state index contributed by atoms with van der Waals surface area (Å²) >= 11 is 0. The van der Waals surface area contributed by atoms with Crippen LogP contribution in [-0.2, 0) is 20.3 Å². The number of nitrogens with zero attached hydrogens (tertiary/aromatic N) is 1. The van der Waals surface area contributed by atoms with Crippen molar-refractivity contribution >= 4 is 25.6 Å². The van der Waals surface area contributed by atoms with Crippen molar-refractivity contribution in [1.29, 1.82) is 0 Å². The largest absolute Gasteiger partial charge is 0.341 e. The molecule has 6 heteroatoms. The number of amides is 1. The Labute approximate surface area is 117 Å². The van der Waals surface area contributed by atoms with Crippen LogP contribution in [0.4, 0.5) is 0 Å². The number of rotatable bonds is 5. The summed E-state index contributed by atoms with van der Waals surface area (Å²) in [4.78, 5) is 13.3. The number of hydrogen-bond donors (Lipinski definition) is 0. The molecule has 0 bridgehead atoms. The van der Waals surface area contributed by atoms with Gasteiger partial charge in [0.1, 0.15) is 5.25 Å². The zero-order valence-corrected chi connectivity index (χ0v) is 12.0. The molecule has 1 atom stereocenters. The minimum atomic E-state index is -3.64. The Balaban J connectivity index is 1.83. The number of carbonyl (C=O) groups is 1. The second kappa shape index (κ2) is 5.92. The van der Waals surface area contributed by atoms with Gasteiger partial charge in [0.05, 0.1) is 0 Å². The first kappa shape index (κ1) is 14.3. The molecular formula is C13H16ClNO3S. The molecule has 4 nitrogen and oxygen atoms in total. The van der Waals surface area contributed by atoms with E-state index in [1.165, 1.54) is 5.56 Å². The van der Waals surface area contributed by atoms with Crippen molar-refractivity contribution in [2.24, 2.45) is 0 Å². The lowest BCUT2D eigenvalue weighted by Gasteiger charge is -2.15. The van der Waals surface area contributed by atoms with Gasteiger partial charge >= 0.3 is 0 Å². The zero-order valence-electron chi connectivity index (χ0n) is 10.5. The molecule has 0 aromatic heterocycles. The monoisotopic (exact) mass is 301 g/mol. The Morgan fingerprint density at radius 2 is 1.95 bits per heavy atom. The summed E-state index contributed by atoms with van der Waals surface area (Å²) in [6, 6.07) is 10.00. The van der Waals surface area contributed by atoms with Gasteiger partial charge in [-0.25, -0.2) is 8.42 Å². The molecule has 1 fully saturated rings. The smallest absolute Gasteiger partial charge is 0.237 e. The molecule has 0 spiro atoms. The van der Waals surface area contributed by atoms with Gasteiger partial charge in [-0.2, -0.15) is 0 Å². The summed E-state index contributed by atoms with van der Waals surface area (Å²) in [5, 5.41) is -0.751. The van der Waals surface area contributed by atoms with Crippen molar-refractivity contribution in [3.05, 3.63) is 35.9 Å². The summed E-state index contributed by atoms with van der Waals surface area (Å²) in [6.45, 7) is 0.802. The van der Waals surface area contributed by atoms with Gasteiger partial charge in [0.15, 0.2) is 0 Å². The molecule has 1 aliphatic heterocycles. The van der Waals surface area contributed by atoms with Gasteiger partial charge in [0.25, 0.3) is 0 Å². The Morgan fingerprint density at radius 1 is 1.26 bits per heavy atom. The van der Waals surface area contributed by atoms with Gasteiger partial charge in [0, 0.05) is 30.2 Å². The third kappa shape index (κ3) is 3.94. The summed E-state index contributed by atoms with van der Waals surface area (Å²) in [7, 11) is 1.66. The van der Waals surface area contributed by atoms with Gasteiger partial charge in [0.2, 0.25) is 15.0 Å². The molecule has 0 radical (unpaired) electrons. The fourth-order valence-electron chi connectivity index (χ4n) is 2.26. The summed E-state index contributed by atoms with van der Waals surface area (Å²) < 4.78 is 22.4. The van der Waals surface area contributed by atoms with Crippen LogP contribution in [0, 0.1) is 0 Å². The highest BCUT2D eigenvalue weighted by atomic mass is 35.7. The molecule has 1 unspecified atom stereocenters. The minimum absolute atomic E-state index is 0.0111. The first-order valence-electron chi connectivity index (χ1n) is 6.22. The fourth-order valence-corrected chi connectivity index (χ4v) is 3.32. The number of aryl methyl sites for hydroxylation is 1. The Morgan fingerprint density at radius 3 is 2.53 bits per heavy atom. The highest BCUT2D eigenvalue weighted by Crippen LogP contribution is 2.21. The molecule has 2 rings (SSSR count). The van der Waals surface area contributed by atoms with E-state index in [4.69, 9.17) is 10.7 Å². The molecule has 1 aromatic rings. The van der Waals surface area contributed by atoms with E-state index in [1.54, 1.807) is 4.90 Å². The summed E-state index contributed by atoms with van der Waals surface area (Å²) in [5.74, 6) is -0.123.